The number of benzene rings is 1. The van der Waals surface area contributed by atoms with Gasteiger partial charge in [-0.2, -0.15) is 0 Å². The van der Waals surface area contributed by atoms with E-state index in [9.17, 15) is 9.18 Å². The van der Waals surface area contributed by atoms with Gasteiger partial charge in [-0.25, -0.2) is 4.39 Å². The minimum absolute atomic E-state index is 0.0512. The lowest BCUT2D eigenvalue weighted by atomic mass is 10.1. The molecule has 1 aromatic heterocycles. The molecule has 2 aromatic rings. The SMILES string of the molecule is O=C(O)Cc1ccc(Oc2ccncc2)c(F)c1. The van der Waals surface area contributed by atoms with Crippen molar-refractivity contribution in [2.24, 2.45) is 0 Å². The Morgan fingerprint density at radius 1 is 1.28 bits per heavy atom. The first kappa shape index (κ1) is 12.0. The number of carbonyl (C=O) groups is 1. The molecule has 0 saturated heterocycles. The van der Waals surface area contributed by atoms with E-state index in [1.165, 1.54) is 24.5 Å². The average molecular weight is 247 g/mol. The van der Waals surface area contributed by atoms with Crippen molar-refractivity contribution in [2.45, 2.75) is 6.42 Å². The lowest BCUT2D eigenvalue weighted by Gasteiger charge is -2.07. The molecule has 4 nitrogen and oxygen atoms in total. The van der Waals surface area contributed by atoms with Crippen molar-refractivity contribution < 1.29 is 19.0 Å². The molecule has 0 spiro atoms. The minimum Gasteiger partial charge on any atom is -0.481 e. The highest BCUT2D eigenvalue weighted by Gasteiger charge is 2.08. The fourth-order valence-electron chi connectivity index (χ4n) is 1.44. The first-order chi connectivity index (χ1) is 8.65. The van der Waals surface area contributed by atoms with E-state index in [2.05, 4.69) is 4.98 Å². The molecule has 0 aliphatic heterocycles. The number of rotatable bonds is 4. The van der Waals surface area contributed by atoms with Crippen LogP contribution in [0.3, 0.4) is 0 Å². The molecule has 5 heteroatoms. The molecule has 0 atom stereocenters. The molecule has 1 heterocycles. The third-order valence-electron chi connectivity index (χ3n) is 2.23. The quantitative estimate of drug-likeness (QED) is 0.902. The van der Waals surface area contributed by atoms with Crippen LogP contribution >= 0.6 is 0 Å². The number of carboxylic acid groups (broad SMARTS) is 1. The van der Waals surface area contributed by atoms with E-state index < -0.39 is 11.8 Å². The lowest BCUT2D eigenvalue weighted by Crippen LogP contribution is -2.00. The average Bonchev–Trinajstić information content (AvgIpc) is 2.33. The number of aromatic nitrogens is 1. The van der Waals surface area contributed by atoms with Crippen molar-refractivity contribution in [3.63, 3.8) is 0 Å². The van der Waals surface area contributed by atoms with Crippen molar-refractivity contribution in [3.8, 4) is 11.5 Å². The van der Waals surface area contributed by atoms with E-state index in [0.29, 0.717) is 11.3 Å². The van der Waals surface area contributed by atoms with Gasteiger partial charge in [0.2, 0.25) is 0 Å². The largest absolute Gasteiger partial charge is 0.481 e. The zero-order valence-electron chi connectivity index (χ0n) is 9.34. The van der Waals surface area contributed by atoms with Crippen LogP contribution in [0.2, 0.25) is 0 Å². The topological polar surface area (TPSA) is 59.4 Å². The van der Waals surface area contributed by atoms with Gasteiger partial charge in [0.25, 0.3) is 0 Å². The Morgan fingerprint density at radius 3 is 2.61 bits per heavy atom. The second kappa shape index (κ2) is 5.27. The predicted molar refractivity (Wildman–Crippen MR) is 62.1 cm³/mol. The molecule has 0 unspecified atom stereocenters. The van der Waals surface area contributed by atoms with Crippen molar-refractivity contribution in [1.82, 2.24) is 4.98 Å². The van der Waals surface area contributed by atoms with Gasteiger partial charge in [0.15, 0.2) is 11.6 Å². The van der Waals surface area contributed by atoms with E-state index in [-0.39, 0.29) is 12.2 Å². The molecular formula is C13H10FNO3. The van der Waals surface area contributed by atoms with E-state index in [4.69, 9.17) is 9.84 Å². The summed E-state index contributed by atoms with van der Waals surface area (Å²) < 4.78 is 19.0. The Labute approximate surface area is 103 Å². The maximum atomic E-state index is 13.7. The Hall–Kier alpha value is -2.43. The molecule has 18 heavy (non-hydrogen) atoms. The first-order valence-electron chi connectivity index (χ1n) is 5.23. The number of hydrogen-bond acceptors (Lipinski definition) is 3. The summed E-state index contributed by atoms with van der Waals surface area (Å²) in [5, 5.41) is 8.60. The van der Waals surface area contributed by atoms with Crippen LogP contribution in [0.1, 0.15) is 5.56 Å². The van der Waals surface area contributed by atoms with E-state index in [1.807, 2.05) is 0 Å². The van der Waals surface area contributed by atoms with Crippen LogP contribution in [-0.2, 0) is 11.2 Å². The molecule has 0 bridgehead atoms. The summed E-state index contributed by atoms with van der Waals surface area (Å²) in [5.41, 5.74) is 0.391. The molecule has 0 aliphatic carbocycles. The summed E-state index contributed by atoms with van der Waals surface area (Å²) in [4.78, 5) is 14.3. The standard InChI is InChI=1S/C13H10FNO3/c14-11-7-9(8-13(16)17)1-2-12(11)18-10-3-5-15-6-4-10/h1-7H,8H2,(H,16,17). The Morgan fingerprint density at radius 2 is 2.00 bits per heavy atom. The summed E-state index contributed by atoms with van der Waals surface area (Å²) in [6.45, 7) is 0. The van der Waals surface area contributed by atoms with Crippen molar-refractivity contribution in [3.05, 3.63) is 54.1 Å². The molecule has 1 aromatic carbocycles. The third-order valence-corrected chi connectivity index (χ3v) is 2.23. The Kier molecular flexibility index (Phi) is 3.52. The third kappa shape index (κ3) is 3.04. The number of pyridine rings is 1. The Bertz CT molecular complexity index is 557. The summed E-state index contributed by atoms with van der Waals surface area (Å²) in [5.74, 6) is -1.08. The molecule has 1 N–H and O–H groups in total. The van der Waals surface area contributed by atoms with Gasteiger partial charge in [-0.05, 0) is 29.8 Å². The van der Waals surface area contributed by atoms with Crippen molar-refractivity contribution in [1.29, 1.82) is 0 Å². The van der Waals surface area contributed by atoms with Crippen LogP contribution in [0.4, 0.5) is 4.39 Å². The molecule has 2 rings (SSSR count). The van der Waals surface area contributed by atoms with Crippen LogP contribution in [0, 0.1) is 5.82 Å². The molecule has 0 radical (unpaired) electrons. The number of nitrogens with zero attached hydrogens (tertiary/aromatic N) is 1. The van der Waals surface area contributed by atoms with E-state index in [0.717, 1.165) is 6.07 Å². The second-order valence-electron chi connectivity index (χ2n) is 3.62. The second-order valence-corrected chi connectivity index (χ2v) is 3.62. The van der Waals surface area contributed by atoms with Crippen LogP contribution in [0.5, 0.6) is 11.5 Å². The van der Waals surface area contributed by atoms with Gasteiger partial charge in [-0.3, -0.25) is 9.78 Å². The predicted octanol–water partition coefficient (Wildman–Crippen LogP) is 2.64. The number of hydrogen-bond donors (Lipinski definition) is 1. The summed E-state index contributed by atoms with van der Waals surface area (Å²) in [6, 6.07) is 7.29. The molecule has 0 aliphatic rings. The van der Waals surface area contributed by atoms with Crippen molar-refractivity contribution >= 4 is 5.97 Å². The van der Waals surface area contributed by atoms with Gasteiger partial charge in [0.1, 0.15) is 5.75 Å². The van der Waals surface area contributed by atoms with E-state index in [1.54, 1.807) is 12.1 Å². The van der Waals surface area contributed by atoms with Gasteiger partial charge in [-0.15, -0.1) is 0 Å². The smallest absolute Gasteiger partial charge is 0.307 e. The van der Waals surface area contributed by atoms with Crippen LogP contribution in [0.15, 0.2) is 42.7 Å². The van der Waals surface area contributed by atoms with Crippen LogP contribution < -0.4 is 4.74 Å². The maximum absolute atomic E-state index is 13.7. The summed E-state index contributed by atoms with van der Waals surface area (Å²) >= 11 is 0. The normalized spacial score (nSPS) is 10.1. The highest BCUT2D eigenvalue weighted by atomic mass is 19.1. The molecule has 0 fully saturated rings. The summed E-state index contributed by atoms with van der Waals surface area (Å²) in [7, 11) is 0. The fraction of sp³-hybridized carbons (Fsp3) is 0.0769. The number of aliphatic carboxylic acids is 1. The lowest BCUT2D eigenvalue weighted by molar-refractivity contribution is -0.136. The highest BCUT2D eigenvalue weighted by Crippen LogP contribution is 2.24. The van der Waals surface area contributed by atoms with Gasteiger partial charge in [0.05, 0.1) is 6.42 Å². The van der Waals surface area contributed by atoms with Gasteiger partial charge >= 0.3 is 5.97 Å². The van der Waals surface area contributed by atoms with Crippen LogP contribution in [-0.4, -0.2) is 16.1 Å². The van der Waals surface area contributed by atoms with Gasteiger partial charge < -0.3 is 9.84 Å². The molecule has 0 saturated carbocycles. The number of carboxylic acids is 1. The fourth-order valence-corrected chi connectivity index (χ4v) is 1.44. The number of ether oxygens (including phenoxy) is 1. The van der Waals surface area contributed by atoms with Crippen LogP contribution in [0.25, 0.3) is 0 Å². The molecule has 0 amide bonds. The zero-order chi connectivity index (χ0) is 13.0. The molecule has 92 valence electrons. The van der Waals surface area contributed by atoms with Gasteiger partial charge in [-0.1, -0.05) is 6.07 Å². The van der Waals surface area contributed by atoms with Gasteiger partial charge in [0, 0.05) is 12.4 Å². The maximum Gasteiger partial charge on any atom is 0.307 e. The minimum atomic E-state index is -1.00. The van der Waals surface area contributed by atoms with E-state index >= 15 is 0 Å². The highest BCUT2D eigenvalue weighted by molar-refractivity contribution is 5.70. The zero-order valence-corrected chi connectivity index (χ0v) is 9.34. The Balaban J connectivity index is 2.17. The monoisotopic (exact) mass is 247 g/mol. The summed E-state index contributed by atoms with van der Waals surface area (Å²) in [6.07, 6.45) is 2.85. The van der Waals surface area contributed by atoms with Crippen molar-refractivity contribution in [2.75, 3.05) is 0 Å². The number of halogens is 1. The molecular weight excluding hydrogens is 237 g/mol. The first-order valence-corrected chi connectivity index (χ1v) is 5.23.